The maximum absolute atomic E-state index is 5.15. The fraction of sp³-hybridized carbons (Fsp3) is 0. The molecule has 0 aliphatic carbocycles. The molecule has 0 N–H and O–H groups in total. The molecule has 0 atom stereocenters. The second-order valence-corrected chi connectivity index (χ2v) is 11.3. The Hall–Kier alpha value is -6.19. The van der Waals surface area contributed by atoms with E-state index in [1.54, 1.807) is 6.20 Å². The van der Waals surface area contributed by atoms with Gasteiger partial charge in [-0.3, -0.25) is 4.98 Å². The quantitative estimate of drug-likeness (QED) is 0.194. The van der Waals surface area contributed by atoms with Gasteiger partial charge in [0.25, 0.3) is 0 Å². The highest BCUT2D eigenvalue weighted by atomic mass is 14.9. The number of aromatic nitrogens is 3. The summed E-state index contributed by atoms with van der Waals surface area (Å²) in [5.41, 5.74) is 11.9. The van der Waals surface area contributed by atoms with Crippen molar-refractivity contribution in [1.29, 1.82) is 0 Å². The lowest BCUT2D eigenvalue weighted by atomic mass is 9.92. The average Bonchev–Trinajstić information content (AvgIpc) is 3.15. The van der Waals surface area contributed by atoms with E-state index in [4.69, 9.17) is 9.97 Å². The van der Waals surface area contributed by atoms with Crippen LogP contribution < -0.4 is 0 Å². The zero-order valence-corrected chi connectivity index (χ0v) is 25.1. The fourth-order valence-electron chi connectivity index (χ4n) is 6.06. The Kier molecular flexibility index (Phi) is 7.18. The number of pyridine rings is 1. The van der Waals surface area contributed by atoms with Gasteiger partial charge in [-0.05, 0) is 56.3 Å². The van der Waals surface area contributed by atoms with Gasteiger partial charge in [0.1, 0.15) is 0 Å². The maximum Gasteiger partial charge on any atom is 0.160 e. The highest BCUT2D eigenvalue weighted by Gasteiger charge is 2.15. The van der Waals surface area contributed by atoms with E-state index >= 15 is 0 Å². The molecular weight excluding hydrogens is 558 g/mol. The Balaban J connectivity index is 1.24. The first-order valence-electron chi connectivity index (χ1n) is 15.4. The molecule has 0 amide bonds. The van der Waals surface area contributed by atoms with E-state index in [9.17, 15) is 0 Å². The molecule has 0 fully saturated rings. The van der Waals surface area contributed by atoms with Crippen molar-refractivity contribution in [3.05, 3.63) is 176 Å². The van der Waals surface area contributed by atoms with Gasteiger partial charge in [-0.25, -0.2) is 9.97 Å². The van der Waals surface area contributed by atoms with Crippen molar-refractivity contribution in [2.75, 3.05) is 0 Å². The van der Waals surface area contributed by atoms with Crippen LogP contribution in [0.2, 0.25) is 0 Å². The molecule has 0 spiro atoms. The average molecular weight is 588 g/mol. The molecule has 0 radical (unpaired) electrons. The Morgan fingerprint density at radius 2 is 0.826 bits per heavy atom. The predicted molar refractivity (Wildman–Crippen MR) is 190 cm³/mol. The molecule has 0 unspecified atom stereocenters. The minimum absolute atomic E-state index is 0.708. The summed E-state index contributed by atoms with van der Waals surface area (Å²) in [6.07, 6.45) is 3.70. The molecule has 0 bridgehead atoms. The third-order valence-corrected chi connectivity index (χ3v) is 8.44. The van der Waals surface area contributed by atoms with Crippen molar-refractivity contribution in [1.82, 2.24) is 15.0 Å². The normalized spacial score (nSPS) is 11.0. The fourth-order valence-corrected chi connectivity index (χ4v) is 6.06. The summed E-state index contributed by atoms with van der Waals surface area (Å²) in [6, 6.07) is 57.2. The number of nitrogens with zero attached hydrogens (tertiary/aromatic N) is 3. The monoisotopic (exact) mass is 587 g/mol. The van der Waals surface area contributed by atoms with E-state index in [0.717, 1.165) is 44.6 Å². The van der Waals surface area contributed by atoms with Gasteiger partial charge < -0.3 is 0 Å². The molecule has 0 aliphatic rings. The topological polar surface area (TPSA) is 38.7 Å². The predicted octanol–water partition coefficient (Wildman–Crippen LogP) is 11.0. The van der Waals surface area contributed by atoms with E-state index in [1.165, 1.54) is 27.6 Å². The van der Waals surface area contributed by atoms with Crippen LogP contribution in [-0.4, -0.2) is 15.0 Å². The van der Waals surface area contributed by atoms with E-state index in [2.05, 4.69) is 138 Å². The Morgan fingerprint density at radius 1 is 0.326 bits per heavy atom. The molecule has 0 aliphatic heterocycles. The third kappa shape index (κ3) is 5.36. The van der Waals surface area contributed by atoms with Crippen molar-refractivity contribution in [2.45, 2.75) is 0 Å². The largest absolute Gasteiger partial charge is 0.264 e. The first-order chi connectivity index (χ1) is 22.8. The Morgan fingerprint density at radius 3 is 1.50 bits per heavy atom. The van der Waals surface area contributed by atoms with Crippen LogP contribution in [0.5, 0.6) is 0 Å². The molecule has 0 saturated carbocycles. The van der Waals surface area contributed by atoms with Gasteiger partial charge >= 0.3 is 0 Å². The van der Waals surface area contributed by atoms with Crippen LogP contribution in [0.15, 0.2) is 176 Å². The number of fused-ring (bicyclic) bond motifs is 1. The lowest BCUT2D eigenvalue weighted by Crippen LogP contribution is -1.96. The van der Waals surface area contributed by atoms with Gasteiger partial charge in [0, 0.05) is 29.1 Å². The molecule has 46 heavy (non-hydrogen) atoms. The standard InChI is InChI=1S/C43H29N3/c1-3-10-30(11-4-1)31-19-23-34(24-20-31)41-28-42(46-43(45-41)35-12-5-2-6-13-35)40-26-25-37(38-15-7-8-16-39(38)40)33-21-17-32(18-22-33)36-14-9-27-44-29-36/h1-29H. The van der Waals surface area contributed by atoms with Crippen LogP contribution >= 0.6 is 0 Å². The molecule has 3 nitrogen and oxygen atoms in total. The smallest absolute Gasteiger partial charge is 0.160 e. The van der Waals surface area contributed by atoms with Crippen LogP contribution in [0.1, 0.15) is 0 Å². The highest BCUT2D eigenvalue weighted by Crippen LogP contribution is 2.37. The number of hydrogen-bond donors (Lipinski definition) is 0. The number of rotatable bonds is 6. The summed E-state index contributed by atoms with van der Waals surface area (Å²) in [5, 5.41) is 2.34. The van der Waals surface area contributed by atoms with E-state index < -0.39 is 0 Å². The Bertz CT molecular complexity index is 2260. The second-order valence-electron chi connectivity index (χ2n) is 11.3. The molecule has 0 saturated heterocycles. The first-order valence-corrected chi connectivity index (χ1v) is 15.4. The van der Waals surface area contributed by atoms with Gasteiger partial charge in [-0.1, -0.05) is 152 Å². The lowest BCUT2D eigenvalue weighted by Gasteiger charge is -2.14. The molecule has 6 aromatic carbocycles. The van der Waals surface area contributed by atoms with Crippen LogP contribution in [-0.2, 0) is 0 Å². The van der Waals surface area contributed by atoms with Crippen molar-refractivity contribution < 1.29 is 0 Å². The summed E-state index contributed by atoms with van der Waals surface area (Å²) in [6.45, 7) is 0. The molecule has 2 aromatic heterocycles. The summed E-state index contributed by atoms with van der Waals surface area (Å²) < 4.78 is 0. The van der Waals surface area contributed by atoms with Gasteiger partial charge in [0.15, 0.2) is 5.82 Å². The molecule has 8 aromatic rings. The number of hydrogen-bond acceptors (Lipinski definition) is 3. The van der Waals surface area contributed by atoms with Crippen LogP contribution in [0.3, 0.4) is 0 Å². The van der Waals surface area contributed by atoms with E-state index in [0.29, 0.717) is 5.82 Å². The maximum atomic E-state index is 5.15. The molecule has 216 valence electrons. The van der Waals surface area contributed by atoms with Crippen molar-refractivity contribution in [2.24, 2.45) is 0 Å². The summed E-state index contributed by atoms with van der Waals surface area (Å²) in [7, 11) is 0. The first kappa shape index (κ1) is 27.4. The van der Waals surface area contributed by atoms with Crippen molar-refractivity contribution in [3.8, 4) is 67.3 Å². The number of benzene rings is 6. The SMILES string of the molecule is c1ccc(-c2ccc(-c3cc(-c4ccc(-c5ccc(-c6cccnc6)cc5)c5ccccc45)nc(-c4ccccc4)n3)cc2)cc1. The minimum atomic E-state index is 0.708. The summed E-state index contributed by atoms with van der Waals surface area (Å²) in [4.78, 5) is 14.5. The molecule has 2 heterocycles. The lowest BCUT2D eigenvalue weighted by molar-refractivity contribution is 1.18. The minimum Gasteiger partial charge on any atom is -0.264 e. The van der Waals surface area contributed by atoms with Crippen molar-refractivity contribution in [3.63, 3.8) is 0 Å². The van der Waals surface area contributed by atoms with Gasteiger partial charge in [0.05, 0.1) is 11.4 Å². The van der Waals surface area contributed by atoms with Crippen LogP contribution in [0.25, 0.3) is 78.1 Å². The highest BCUT2D eigenvalue weighted by molar-refractivity contribution is 6.04. The third-order valence-electron chi connectivity index (χ3n) is 8.44. The van der Waals surface area contributed by atoms with Crippen LogP contribution in [0.4, 0.5) is 0 Å². The zero-order chi connectivity index (χ0) is 30.7. The van der Waals surface area contributed by atoms with Gasteiger partial charge in [-0.2, -0.15) is 0 Å². The summed E-state index contributed by atoms with van der Waals surface area (Å²) in [5.74, 6) is 0.708. The van der Waals surface area contributed by atoms with Crippen LogP contribution in [0, 0.1) is 0 Å². The van der Waals surface area contributed by atoms with Gasteiger partial charge in [0.2, 0.25) is 0 Å². The molecular formula is C43H29N3. The van der Waals surface area contributed by atoms with Crippen molar-refractivity contribution >= 4 is 10.8 Å². The molecule has 3 heteroatoms. The van der Waals surface area contributed by atoms with E-state index in [-0.39, 0.29) is 0 Å². The van der Waals surface area contributed by atoms with Gasteiger partial charge in [-0.15, -0.1) is 0 Å². The zero-order valence-electron chi connectivity index (χ0n) is 25.1. The molecule has 8 rings (SSSR count). The Labute approximate surface area is 268 Å². The summed E-state index contributed by atoms with van der Waals surface area (Å²) >= 11 is 0. The second kappa shape index (κ2) is 12.1. The van der Waals surface area contributed by atoms with E-state index in [1.807, 2.05) is 36.5 Å².